The molecule has 0 spiro atoms. The van der Waals surface area contributed by atoms with Crippen molar-refractivity contribution in [2.45, 2.75) is 74.3 Å². The van der Waals surface area contributed by atoms with Crippen molar-refractivity contribution < 1.29 is 31.0 Å². The van der Waals surface area contributed by atoms with Gasteiger partial charge in [-0.1, -0.05) is 20.8 Å². The fourth-order valence-corrected chi connectivity index (χ4v) is 5.83. The minimum Gasteiger partial charge on any atom is -0.374 e. The highest BCUT2D eigenvalue weighted by molar-refractivity contribution is 6.59. The van der Waals surface area contributed by atoms with Gasteiger partial charge in [-0.2, -0.15) is 0 Å². The third-order valence-electron chi connectivity index (χ3n) is 2.99. The molecule has 0 aliphatic rings. The summed E-state index contributed by atoms with van der Waals surface area (Å²) in [5.41, 5.74) is 0. The normalized spacial score (nSPS) is 12.0. The van der Waals surface area contributed by atoms with Crippen LogP contribution in [-0.4, -0.2) is 64.1 Å². The van der Waals surface area contributed by atoms with Crippen molar-refractivity contribution in [2.75, 3.05) is 46.2 Å². The zero-order valence-electron chi connectivity index (χ0n) is 18.9. The number of hydrogen-bond acceptors (Lipinski definition) is 7. The Morgan fingerprint density at radius 2 is 0.704 bits per heavy atom. The molecule has 0 heterocycles. The lowest BCUT2D eigenvalue weighted by Gasteiger charge is -2.26. The molecule has 0 rings (SSSR count). The maximum atomic E-state index is 5.68. The highest BCUT2D eigenvalue weighted by Crippen LogP contribution is 2.12. The van der Waals surface area contributed by atoms with Crippen molar-refractivity contribution in [1.29, 1.82) is 0 Å². The van der Waals surface area contributed by atoms with E-state index in [0.717, 1.165) is 39.1 Å². The van der Waals surface area contributed by atoms with Crippen LogP contribution < -0.4 is 0 Å². The maximum Gasteiger partial charge on any atom is 0.679 e. The zero-order valence-corrected chi connectivity index (χ0v) is 20.9. The van der Waals surface area contributed by atoms with Gasteiger partial charge in [-0.3, -0.25) is 0 Å². The number of hydrogen-bond donors (Lipinski definition) is 0. The van der Waals surface area contributed by atoms with E-state index < -0.39 is 17.9 Å². The Balaban J connectivity index is 0. The third kappa shape index (κ3) is 15.7. The summed E-state index contributed by atoms with van der Waals surface area (Å²) < 4.78 is 38.7. The third-order valence-corrected chi connectivity index (χ3v) is 7.74. The van der Waals surface area contributed by atoms with Crippen LogP contribution in [0, 0.1) is 0 Å². The maximum absolute atomic E-state index is 5.68. The summed E-state index contributed by atoms with van der Waals surface area (Å²) in [7, 11) is -5.11. The molecule has 0 aliphatic carbocycles. The molecule has 0 radical (unpaired) electrons. The lowest BCUT2D eigenvalue weighted by Crippen LogP contribution is -2.49. The summed E-state index contributed by atoms with van der Waals surface area (Å²) in [6.45, 7) is 20.2. The monoisotopic (exact) mass is 428 g/mol. The zero-order chi connectivity index (χ0) is 21.0. The molecule has 0 atom stereocenters. The number of rotatable bonds is 17. The summed E-state index contributed by atoms with van der Waals surface area (Å²) in [6.07, 6.45) is 3.02. The van der Waals surface area contributed by atoms with E-state index in [1.54, 1.807) is 0 Å². The summed E-state index contributed by atoms with van der Waals surface area (Å²) in [4.78, 5) is 0. The molecule has 166 valence electrons. The molecule has 0 bridgehead atoms. The fraction of sp³-hybridized carbons (Fsp3) is 1.00. The van der Waals surface area contributed by atoms with E-state index >= 15 is 0 Å². The first kappa shape index (κ1) is 29.4. The van der Waals surface area contributed by atoms with E-state index in [9.17, 15) is 0 Å². The first-order chi connectivity index (χ1) is 12.9. The highest BCUT2D eigenvalue weighted by atomic mass is 28.4. The average Bonchev–Trinajstić information content (AvgIpc) is 2.65. The minimum atomic E-state index is -2.80. The molecule has 0 aromatic heterocycles. The first-order valence-corrected chi connectivity index (χ1v) is 14.3. The van der Waals surface area contributed by atoms with Crippen molar-refractivity contribution >= 4 is 17.9 Å². The van der Waals surface area contributed by atoms with Gasteiger partial charge < -0.3 is 31.0 Å². The summed E-state index contributed by atoms with van der Waals surface area (Å²) in [5.74, 6) is 0. The van der Waals surface area contributed by atoms with E-state index in [4.69, 9.17) is 31.0 Å². The quantitative estimate of drug-likeness (QED) is 0.318. The molecular weight excluding hydrogens is 384 g/mol. The van der Waals surface area contributed by atoms with Gasteiger partial charge >= 0.3 is 17.9 Å². The van der Waals surface area contributed by atoms with Gasteiger partial charge in [0.25, 0.3) is 0 Å². The molecule has 7 nitrogen and oxygen atoms in total. The van der Waals surface area contributed by atoms with Gasteiger partial charge in [-0.05, 0) is 47.0 Å². The lowest BCUT2D eigenvalue weighted by molar-refractivity contribution is -0.0247. The molecular formula is C18H44O7Si2. The van der Waals surface area contributed by atoms with Gasteiger partial charge in [0.1, 0.15) is 0 Å². The molecule has 0 unspecified atom stereocenters. The molecule has 27 heavy (non-hydrogen) atoms. The largest absolute Gasteiger partial charge is 0.679 e. The van der Waals surface area contributed by atoms with Crippen LogP contribution in [0.25, 0.3) is 0 Å². The second-order valence-corrected chi connectivity index (χ2v) is 10.4. The van der Waals surface area contributed by atoms with Crippen molar-refractivity contribution in [3.8, 4) is 0 Å². The predicted molar refractivity (Wildman–Crippen MR) is 113 cm³/mol. The Morgan fingerprint density at radius 3 is 0.889 bits per heavy atom. The van der Waals surface area contributed by atoms with Crippen LogP contribution in [0.3, 0.4) is 0 Å². The highest BCUT2D eigenvalue weighted by Gasteiger charge is 2.44. The molecule has 0 aromatic carbocycles. The molecule has 0 N–H and O–H groups in total. The van der Waals surface area contributed by atoms with Crippen LogP contribution in [0.1, 0.15) is 67.7 Å². The van der Waals surface area contributed by atoms with Gasteiger partial charge in [0.15, 0.2) is 0 Å². The van der Waals surface area contributed by atoms with Crippen molar-refractivity contribution in [3.05, 3.63) is 0 Å². The van der Waals surface area contributed by atoms with E-state index in [1.807, 2.05) is 34.2 Å². The minimum absolute atomic E-state index is 0.548. The second-order valence-electron chi connectivity index (χ2n) is 5.64. The van der Waals surface area contributed by atoms with Crippen LogP contribution in [0.4, 0.5) is 0 Å². The van der Waals surface area contributed by atoms with Gasteiger partial charge in [0.2, 0.25) is 0 Å². The Hall–Kier alpha value is 0.154. The predicted octanol–water partition coefficient (Wildman–Crippen LogP) is 4.40. The lowest BCUT2D eigenvalue weighted by atomic mass is 10.5. The fourth-order valence-electron chi connectivity index (χ4n) is 1.94. The summed E-state index contributed by atoms with van der Waals surface area (Å²) in [5, 5.41) is 0. The Morgan fingerprint density at radius 1 is 0.444 bits per heavy atom. The molecule has 0 aliphatic heterocycles. The van der Waals surface area contributed by atoms with Crippen LogP contribution in [0.15, 0.2) is 0 Å². The van der Waals surface area contributed by atoms with E-state index in [1.165, 1.54) is 0 Å². The van der Waals surface area contributed by atoms with Gasteiger partial charge in [-0.15, -0.1) is 0 Å². The summed E-state index contributed by atoms with van der Waals surface area (Å²) in [6, 6.07) is 0. The smallest absolute Gasteiger partial charge is 0.374 e. The van der Waals surface area contributed by atoms with E-state index in [2.05, 4.69) is 20.8 Å². The molecule has 9 heteroatoms. The van der Waals surface area contributed by atoms with Gasteiger partial charge in [0, 0.05) is 52.8 Å². The molecule has 0 saturated heterocycles. The van der Waals surface area contributed by atoms with Crippen LogP contribution in [-0.2, 0) is 31.0 Å². The Labute approximate surface area is 169 Å². The van der Waals surface area contributed by atoms with Crippen molar-refractivity contribution in [3.63, 3.8) is 0 Å². The van der Waals surface area contributed by atoms with Gasteiger partial charge in [0.05, 0.1) is 0 Å². The Kier molecular flexibility index (Phi) is 21.2. The van der Waals surface area contributed by atoms with Crippen molar-refractivity contribution in [2.24, 2.45) is 0 Å². The van der Waals surface area contributed by atoms with Crippen LogP contribution in [0.5, 0.6) is 0 Å². The standard InChI is InChI=1S/C10H24O3Si.C8H20O4Si/c1-5-8-11-14(4,12-9-6-2)13-10-7-3;1-5-9-13(10-6-2,11-7-3)12-8-4/h5-10H2,1-4H3;5-8H2,1-4H3. The topological polar surface area (TPSA) is 64.6 Å². The van der Waals surface area contributed by atoms with Crippen LogP contribution in [0.2, 0.25) is 6.55 Å². The summed E-state index contributed by atoms with van der Waals surface area (Å²) >= 11 is 0. The SMILES string of the molecule is CCCO[Si](C)(OCCC)OCCC.CCO[Si](OCC)(OCC)OCC. The molecule has 0 fully saturated rings. The van der Waals surface area contributed by atoms with Crippen LogP contribution >= 0.6 is 0 Å². The second kappa shape index (κ2) is 19.5. The molecule has 0 saturated carbocycles. The molecule has 0 aromatic rings. The van der Waals surface area contributed by atoms with E-state index in [-0.39, 0.29) is 0 Å². The average molecular weight is 429 g/mol. The first-order valence-electron chi connectivity index (χ1n) is 10.4. The Bertz CT molecular complexity index is 258. The van der Waals surface area contributed by atoms with E-state index in [0.29, 0.717) is 26.4 Å². The van der Waals surface area contributed by atoms with Crippen molar-refractivity contribution in [1.82, 2.24) is 0 Å². The molecule has 0 amide bonds. The van der Waals surface area contributed by atoms with Gasteiger partial charge in [-0.25, -0.2) is 0 Å².